The fourth-order valence-corrected chi connectivity index (χ4v) is 2.22. The zero-order valence-corrected chi connectivity index (χ0v) is 13.5. The van der Waals surface area contributed by atoms with Gasteiger partial charge in [-0.2, -0.15) is 0 Å². The number of hydrogen-bond acceptors (Lipinski definition) is 5. The molecule has 0 N–H and O–H groups in total. The molecule has 0 spiro atoms. The van der Waals surface area contributed by atoms with E-state index in [9.17, 15) is 0 Å². The van der Waals surface area contributed by atoms with Crippen LogP contribution in [0.15, 0.2) is 36.4 Å². The van der Waals surface area contributed by atoms with Crippen LogP contribution in [0.5, 0.6) is 23.0 Å². The Bertz CT molecular complexity index is 587. The maximum atomic E-state index is 5.35. The summed E-state index contributed by atoms with van der Waals surface area (Å²) in [5.41, 5.74) is 1.95. The molecule has 0 aliphatic carbocycles. The fourth-order valence-electron chi connectivity index (χ4n) is 2.22. The minimum absolute atomic E-state index is 0.687. The molecule has 0 fully saturated rings. The third-order valence-electron chi connectivity index (χ3n) is 3.51. The van der Waals surface area contributed by atoms with Crippen molar-refractivity contribution in [3.8, 4) is 23.0 Å². The first kappa shape index (κ1) is 15.8. The first-order valence-electron chi connectivity index (χ1n) is 6.82. The van der Waals surface area contributed by atoms with Crippen LogP contribution in [-0.2, 0) is 0 Å². The van der Waals surface area contributed by atoms with Crippen LogP contribution in [0.2, 0.25) is 0 Å². The van der Waals surface area contributed by atoms with Crippen LogP contribution in [0.3, 0.4) is 0 Å². The Morgan fingerprint density at radius 1 is 0.591 bits per heavy atom. The maximum absolute atomic E-state index is 5.35. The summed E-state index contributed by atoms with van der Waals surface area (Å²) >= 11 is 0. The molecule has 0 aromatic heterocycles. The van der Waals surface area contributed by atoms with Crippen molar-refractivity contribution >= 4 is 11.4 Å². The van der Waals surface area contributed by atoms with Gasteiger partial charge >= 0.3 is 0 Å². The van der Waals surface area contributed by atoms with Crippen LogP contribution >= 0.6 is 0 Å². The number of ether oxygens (including phenoxy) is 4. The molecule has 2 rings (SSSR count). The highest BCUT2D eigenvalue weighted by Gasteiger charge is 2.12. The standard InChI is InChI=1S/C17H21NO4/c1-18(12-6-8-14(19-2)16(10-12)21-4)13-7-9-15(20-3)17(11-13)22-5/h6-11H,1-5H3. The predicted octanol–water partition coefficient (Wildman–Crippen LogP) is 3.49. The molecule has 0 aliphatic rings. The van der Waals surface area contributed by atoms with Crippen molar-refractivity contribution in [1.82, 2.24) is 0 Å². The Labute approximate surface area is 131 Å². The fraction of sp³-hybridized carbons (Fsp3) is 0.294. The summed E-state index contributed by atoms with van der Waals surface area (Å²) in [6.07, 6.45) is 0. The van der Waals surface area contributed by atoms with E-state index in [2.05, 4.69) is 0 Å². The third-order valence-corrected chi connectivity index (χ3v) is 3.51. The average molecular weight is 303 g/mol. The second kappa shape index (κ2) is 6.93. The molecule has 0 bridgehead atoms. The van der Waals surface area contributed by atoms with Crippen LogP contribution < -0.4 is 23.8 Å². The maximum Gasteiger partial charge on any atom is 0.162 e. The van der Waals surface area contributed by atoms with E-state index in [4.69, 9.17) is 18.9 Å². The highest BCUT2D eigenvalue weighted by Crippen LogP contribution is 2.36. The van der Waals surface area contributed by atoms with E-state index in [1.165, 1.54) is 0 Å². The Kier molecular flexibility index (Phi) is 4.99. The lowest BCUT2D eigenvalue weighted by Gasteiger charge is -2.22. The Morgan fingerprint density at radius 2 is 0.955 bits per heavy atom. The Hall–Kier alpha value is -2.56. The Morgan fingerprint density at radius 3 is 1.27 bits per heavy atom. The number of methoxy groups -OCH3 is 4. The van der Waals surface area contributed by atoms with E-state index in [0.717, 1.165) is 11.4 Å². The molecule has 22 heavy (non-hydrogen) atoms. The Balaban J connectivity index is 2.37. The van der Waals surface area contributed by atoms with E-state index in [-0.39, 0.29) is 0 Å². The lowest BCUT2D eigenvalue weighted by atomic mass is 10.2. The predicted molar refractivity (Wildman–Crippen MR) is 87.2 cm³/mol. The molecule has 0 saturated heterocycles. The molecule has 0 saturated carbocycles. The molecule has 0 radical (unpaired) electrons. The minimum atomic E-state index is 0.687. The number of nitrogens with zero attached hydrogens (tertiary/aromatic N) is 1. The van der Waals surface area contributed by atoms with Gasteiger partial charge in [0.25, 0.3) is 0 Å². The normalized spacial score (nSPS) is 10.0. The second-order valence-corrected chi connectivity index (χ2v) is 4.64. The molecule has 0 aliphatic heterocycles. The molecular weight excluding hydrogens is 282 g/mol. The minimum Gasteiger partial charge on any atom is -0.493 e. The SMILES string of the molecule is COc1ccc(N(C)c2ccc(OC)c(OC)c2)cc1OC. The summed E-state index contributed by atoms with van der Waals surface area (Å²) in [5, 5.41) is 0. The van der Waals surface area contributed by atoms with Crippen molar-refractivity contribution in [2.45, 2.75) is 0 Å². The average Bonchev–Trinajstić information content (AvgIpc) is 2.59. The molecule has 2 aromatic carbocycles. The first-order valence-corrected chi connectivity index (χ1v) is 6.82. The molecule has 0 atom stereocenters. The molecule has 2 aromatic rings. The van der Waals surface area contributed by atoms with Crippen molar-refractivity contribution < 1.29 is 18.9 Å². The molecule has 118 valence electrons. The van der Waals surface area contributed by atoms with Gasteiger partial charge in [-0.05, 0) is 24.3 Å². The first-order chi connectivity index (χ1) is 10.6. The van der Waals surface area contributed by atoms with Crippen LogP contribution in [0.25, 0.3) is 0 Å². The van der Waals surface area contributed by atoms with Crippen LogP contribution in [-0.4, -0.2) is 35.5 Å². The van der Waals surface area contributed by atoms with Crippen molar-refractivity contribution in [2.75, 3.05) is 40.4 Å². The summed E-state index contributed by atoms with van der Waals surface area (Å²) < 4.78 is 21.2. The summed E-state index contributed by atoms with van der Waals surface area (Å²) in [6, 6.07) is 11.6. The monoisotopic (exact) mass is 303 g/mol. The summed E-state index contributed by atoms with van der Waals surface area (Å²) in [5.74, 6) is 2.78. The van der Waals surface area contributed by atoms with Gasteiger partial charge in [0.1, 0.15) is 0 Å². The van der Waals surface area contributed by atoms with Gasteiger partial charge < -0.3 is 23.8 Å². The topological polar surface area (TPSA) is 40.2 Å². The zero-order chi connectivity index (χ0) is 16.1. The van der Waals surface area contributed by atoms with Crippen molar-refractivity contribution in [2.24, 2.45) is 0 Å². The zero-order valence-electron chi connectivity index (χ0n) is 13.5. The molecule has 0 unspecified atom stereocenters. The van der Waals surface area contributed by atoms with Gasteiger partial charge in [0.05, 0.1) is 28.4 Å². The molecule has 5 nitrogen and oxygen atoms in total. The highest BCUT2D eigenvalue weighted by molar-refractivity contribution is 5.68. The lowest BCUT2D eigenvalue weighted by molar-refractivity contribution is 0.355. The highest BCUT2D eigenvalue weighted by atomic mass is 16.5. The summed E-state index contributed by atoms with van der Waals surface area (Å²) in [4.78, 5) is 2.03. The van der Waals surface area contributed by atoms with E-state index >= 15 is 0 Å². The quantitative estimate of drug-likeness (QED) is 0.817. The van der Waals surface area contributed by atoms with Gasteiger partial charge in [0.15, 0.2) is 23.0 Å². The van der Waals surface area contributed by atoms with Crippen LogP contribution in [0, 0.1) is 0 Å². The third kappa shape index (κ3) is 3.03. The van der Waals surface area contributed by atoms with Gasteiger partial charge in [0, 0.05) is 30.6 Å². The van der Waals surface area contributed by atoms with E-state index < -0.39 is 0 Å². The van der Waals surface area contributed by atoms with Crippen molar-refractivity contribution in [3.63, 3.8) is 0 Å². The van der Waals surface area contributed by atoms with E-state index in [1.807, 2.05) is 48.3 Å². The molecule has 0 amide bonds. The molecular formula is C17H21NO4. The van der Waals surface area contributed by atoms with Gasteiger partial charge in [-0.3, -0.25) is 0 Å². The number of anilines is 2. The largest absolute Gasteiger partial charge is 0.493 e. The van der Waals surface area contributed by atoms with Gasteiger partial charge in [-0.1, -0.05) is 0 Å². The summed E-state index contributed by atoms with van der Waals surface area (Å²) in [7, 11) is 8.46. The number of benzene rings is 2. The smallest absolute Gasteiger partial charge is 0.162 e. The molecule has 0 heterocycles. The van der Waals surface area contributed by atoms with Crippen LogP contribution in [0.1, 0.15) is 0 Å². The van der Waals surface area contributed by atoms with Crippen molar-refractivity contribution in [1.29, 1.82) is 0 Å². The molecule has 5 heteroatoms. The van der Waals surface area contributed by atoms with Gasteiger partial charge in [0.2, 0.25) is 0 Å². The number of hydrogen-bond donors (Lipinski definition) is 0. The van der Waals surface area contributed by atoms with Gasteiger partial charge in [-0.15, -0.1) is 0 Å². The second-order valence-electron chi connectivity index (χ2n) is 4.64. The van der Waals surface area contributed by atoms with Crippen molar-refractivity contribution in [3.05, 3.63) is 36.4 Å². The van der Waals surface area contributed by atoms with E-state index in [1.54, 1.807) is 28.4 Å². The lowest BCUT2D eigenvalue weighted by Crippen LogP contribution is -2.10. The van der Waals surface area contributed by atoms with E-state index in [0.29, 0.717) is 23.0 Å². The number of rotatable bonds is 6. The van der Waals surface area contributed by atoms with Gasteiger partial charge in [-0.25, -0.2) is 0 Å². The summed E-state index contributed by atoms with van der Waals surface area (Å²) in [6.45, 7) is 0. The van der Waals surface area contributed by atoms with Crippen LogP contribution in [0.4, 0.5) is 11.4 Å².